The van der Waals surface area contributed by atoms with Crippen LogP contribution in [0.2, 0.25) is 0 Å². The summed E-state index contributed by atoms with van der Waals surface area (Å²) < 4.78 is 7.09. The lowest BCUT2D eigenvalue weighted by molar-refractivity contribution is -0.205. The van der Waals surface area contributed by atoms with Gasteiger partial charge in [0.25, 0.3) is 0 Å². The van der Waals surface area contributed by atoms with Crippen LogP contribution in [0.5, 0.6) is 5.75 Å². The van der Waals surface area contributed by atoms with Gasteiger partial charge >= 0.3 is 0 Å². The van der Waals surface area contributed by atoms with Crippen LogP contribution in [0.4, 0.5) is 0 Å². The number of fused-ring (bicyclic) bond motifs is 2. The zero-order valence-electron chi connectivity index (χ0n) is 30.7. The van der Waals surface area contributed by atoms with E-state index in [9.17, 15) is 24.3 Å². The number of Topliss-reactive ketones (excluding diaryl/α,β-unsaturated/α-hetero) is 1. The number of piperazine rings is 1. The maximum atomic E-state index is 14.6. The first-order chi connectivity index (χ1) is 25.7. The number of ketones is 1. The molecule has 11 nitrogen and oxygen atoms in total. The molecule has 4 aromatic rings. The smallest absolute Gasteiger partial charge is 0.246 e. The molecule has 0 aliphatic carbocycles. The van der Waals surface area contributed by atoms with Crippen LogP contribution < -0.4 is 0 Å². The van der Waals surface area contributed by atoms with Crippen molar-refractivity contribution in [3.05, 3.63) is 114 Å². The van der Waals surface area contributed by atoms with E-state index in [1.54, 1.807) is 57.3 Å². The van der Waals surface area contributed by atoms with E-state index in [1.807, 2.05) is 66.3 Å². The van der Waals surface area contributed by atoms with Crippen molar-refractivity contribution in [2.75, 3.05) is 33.4 Å². The maximum absolute atomic E-state index is 14.6. The number of carbonyl (C=O) groups excluding carboxylic acids is 4. The SMILES string of the molecule is C=CCN1CC(=O)N2[C@@H](Cc3ccc(O)cc3)C(=O)N(Cc3cccc4c(C(=O)CCCCCOC)cn(C)c34)C[C@@H]2N1C(=O)CCc1ccccc1. The van der Waals surface area contributed by atoms with Crippen LogP contribution in [0.3, 0.4) is 0 Å². The summed E-state index contributed by atoms with van der Waals surface area (Å²) in [6.45, 7) is 5.12. The van der Waals surface area contributed by atoms with Gasteiger partial charge in [0.1, 0.15) is 18.0 Å². The van der Waals surface area contributed by atoms with E-state index in [0.29, 0.717) is 25.0 Å². The maximum Gasteiger partial charge on any atom is 0.246 e. The number of amides is 3. The average Bonchev–Trinajstić information content (AvgIpc) is 3.50. The predicted molar refractivity (Wildman–Crippen MR) is 203 cm³/mol. The highest BCUT2D eigenvalue weighted by atomic mass is 16.5. The summed E-state index contributed by atoms with van der Waals surface area (Å²) in [6, 6.07) is 21.4. The Morgan fingerprint density at radius 2 is 1.72 bits per heavy atom. The van der Waals surface area contributed by atoms with Gasteiger partial charge in [0, 0.05) is 70.3 Å². The quantitative estimate of drug-likeness (QED) is 0.0955. The second-order valence-corrected chi connectivity index (χ2v) is 13.9. The van der Waals surface area contributed by atoms with Crippen LogP contribution in [0.25, 0.3) is 10.9 Å². The van der Waals surface area contributed by atoms with Crippen molar-refractivity contribution in [3.8, 4) is 5.75 Å². The van der Waals surface area contributed by atoms with Crippen LogP contribution in [0.1, 0.15) is 59.2 Å². The van der Waals surface area contributed by atoms with Gasteiger partial charge in [-0.3, -0.25) is 19.2 Å². The molecule has 2 aliphatic heterocycles. The van der Waals surface area contributed by atoms with Crippen molar-refractivity contribution in [2.24, 2.45) is 7.05 Å². The van der Waals surface area contributed by atoms with Crippen LogP contribution in [-0.2, 0) is 45.6 Å². The van der Waals surface area contributed by atoms with Crippen molar-refractivity contribution in [3.63, 3.8) is 0 Å². The van der Waals surface area contributed by atoms with Gasteiger partial charge in [0.2, 0.25) is 17.7 Å². The number of rotatable bonds is 16. The number of unbranched alkanes of at least 4 members (excludes halogenated alkanes) is 2. The van der Waals surface area contributed by atoms with E-state index in [2.05, 4.69) is 6.58 Å². The number of para-hydroxylation sites is 1. The molecule has 3 aromatic carbocycles. The highest BCUT2D eigenvalue weighted by Gasteiger charge is 2.51. The zero-order valence-corrected chi connectivity index (χ0v) is 30.7. The summed E-state index contributed by atoms with van der Waals surface area (Å²) in [5.74, 6) is -0.430. The molecule has 278 valence electrons. The van der Waals surface area contributed by atoms with Crippen molar-refractivity contribution >= 4 is 34.4 Å². The van der Waals surface area contributed by atoms with E-state index in [1.165, 1.54) is 0 Å². The summed E-state index contributed by atoms with van der Waals surface area (Å²) in [5, 5.41) is 14.2. The number of aromatic hydroxyl groups is 1. The Balaban J connectivity index is 1.33. The molecule has 2 fully saturated rings. The van der Waals surface area contributed by atoms with Gasteiger partial charge in [-0.15, -0.1) is 6.58 Å². The third-order valence-electron chi connectivity index (χ3n) is 10.3. The van der Waals surface area contributed by atoms with E-state index >= 15 is 0 Å². The molecule has 0 saturated carbocycles. The summed E-state index contributed by atoms with van der Waals surface area (Å²) in [5.41, 5.74) is 4.20. The van der Waals surface area contributed by atoms with Gasteiger partial charge in [-0.05, 0) is 48.1 Å². The Morgan fingerprint density at radius 1 is 0.943 bits per heavy atom. The second-order valence-electron chi connectivity index (χ2n) is 13.9. The number of ether oxygens (including phenoxy) is 1. The van der Waals surface area contributed by atoms with Crippen LogP contribution in [-0.4, -0.2) is 98.6 Å². The van der Waals surface area contributed by atoms with E-state index in [0.717, 1.165) is 46.9 Å². The molecule has 53 heavy (non-hydrogen) atoms. The minimum absolute atomic E-state index is 0.0647. The van der Waals surface area contributed by atoms with Crippen LogP contribution in [0.15, 0.2) is 91.6 Å². The van der Waals surface area contributed by atoms with Gasteiger partial charge in [0.05, 0.1) is 18.6 Å². The van der Waals surface area contributed by atoms with Gasteiger partial charge in [-0.1, -0.05) is 73.2 Å². The Hall–Kier alpha value is -5.26. The standard InChI is InChI=1S/C42H49N5O6/c1-4-23-45-29-40(51)46-36(25-31-17-20-33(48)21-18-31)42(52)44(28-38(46)47(45)39(50)22-19-30-12-7-5-8-13-30)26-32-14-11-15-34-35(27-43(2)41(32)34)37(49)16-9-6-10-24-53-3/h4-5,7-8,11-15,17-18,20-21,27,36,38,48H,1,6,9-10,16,19,22-26,28-29H2,2-3H3/t36-,38-/m0/s1. The van der Waals surface area contributed by atoms with E-state index < -0.39 is 12.2 Å². The number of methoxy groups -OCH3 is 1. The molecule has 2 saturated heterocycles. The highest BCUT2D eigenvalue weighted by Crippen LogP contribution is 2.32. The molecule has 0 bridgehead atoms. The topological polar surface area (TPSA) is 116 Å². The number of hydrazine groups is 1. The number of nitrogens with zero attached hydrogens (tertiary/aromatic N) is 5. The van der Waals surface area contributed by atoms with Gasteiger partial charge in [0.15, 0.2) is 5.78 Å². The molecule has 0 radical (unpaired) electrons. The number of phenols is 1. The third kappa shape index (κ3) is 8.37. The largest absolute Gasteiger partial charge is 0.508 e. The first kappa shape index (κ1) is 37.5. The van der Waals surface area contributed by atoms with Gasteiger partial charge < -0.3 is 24.2 Å². The fourth-order valence-electron chi connectivity index (χ4n) is 7.72. The molecule has 2 aliphatic rings. The molecule has 3 heterocycles. The van der Waals surface area contributed by atoms with Crippen LogP contribution >= 0.6 is 0 Å². The van der Waals surface area contributed by atoms with Gasteiger partial charge in [-0.25, -0.2) is 10.0 Å². The molecule has 3 amide bonds. The Labute approximate surface area is 311 Å². The number of carbonyl (C=O) groups is 4. The van der Waals surface area contributed by atoms with Crippen molar-refractivity contribution in [2.45, 2.75) is 63.7 Å². The first-order valence-corrected chi connectivity index (χ1v) is 18.4. The summed E-state index contributed by atoms with van der Waals surface area (Å²) in [7, 11) is 3.59. The van der Waals surface area contributed by atoms with E-state index in [-0.39, 0.29) is 68.3 Å². The molecular formula is C42H49N5O6. The lowest BCUT2D eigenvalue weighted by Gasteiger charge is -2.55. The molecule has 1 N–H and O–H groups in total. The van der Waals surface area contributed by atoms with Crippen molar-refractivity contribution in [1.29, 1.82) is 0 Å². The van der Waals surface area contributed by atoms with Crippen LogP contribution in [0, 0.1) is 0 Å². The van der Waals surface area contributed by atoms with Crippen molar-refractivity contribution in [1.82, 2.24) is 24.4 Å². The average molecular weight is 720 g/mol. The number of benzene rings is 3. The predicted octanol–water partition coefficient (Wildman–Crippen LogP) is 5.26. The molecule has 1 aromatic heterocycles. The molecule has 0 unspecified atom stereocenters. The minimum atomic E-state index is -0.885. The number of hydrogen-bond acceptors (Lipinski definition) is 7. The molecule has 2 atom stereocenters. The lowest BCUT2D eigenvalue weighted by Crippen LogP contribution is -2.75. The second kappa shape index (κ2) is 17.0. The lowest BCUT2D eigenvalue weighted by atomic mass is 9.97. The molecular weight excluding hydrogens is 670 g/mol. The number of aromatic nitrogens is 1. The summed E-state index contributed by atoms with van der Waals surface area (Å²) in [6.07, 6.45) is 6.81. The fourth-order valence-corrected chi connectivity index (χ4v) is 7.72. The fraction of sp³-hybridized carbons (Fsp3) is 0.381. The van der Waals surface area contributed by atoms with E-state index in [4.69, 9.17) is 4.74 Å². The number of aryl methyl sites for hydroxylation is 2. The monoisotopic (exact) mass is 719 g/mol. The van der Waals surface area contributed by atoms with Gasteiger partial charge in [-0.2, -0.15) is 0 Å². The van der Waals surface area contributed by atoms with Crippen molar-refractivity contribution < 1.29 is 29.0 Å². The number of phenolic OH excluding ortho intramolecular Hbond substituents is 1. The third-order valence-corrected chi connectivity index (χ3v) is 10.3. The Morgan fingerprint density at radius 3 is 2.45 bits per heavy atom. The normalized spacial score (nSPS) is 17.7. The number of hydrogen-bond donors (Lipinski definition) is 1. The molecule has 0 spiro atoms. The first-order valence-electron chi connectivity index (χ1n) is 18.4. The Bertz CT molecular complexity index is 1940. The molecule has 11 heteroatoms. The Kier molecular flexibility index (Phi) is 12.1. The molecule has 6 rings (SSSR count). The summed E-state index contributed by atoms with van der Waals surface area (Å²) >= 11 is 0. The minimum Gasteiger partial charge on any atom is -0.508 e. The zero-order chi connectivity index (χ0) is 37.5. The highest BCUT2D eigenvalue weighted by molar-refractivity contribution is 6.08. The summed E-state index contributed by atoms with van der Waals surface area (Å²) in [4.78, 5) is 59.6.